The maximum atomic E-state index is 11.3. The van der Waals surface area contributed by atoms with Crippen molar-refractivity contribution in [2.75, 3.05) is 18.9 Å². The highest BCUT2D eigenvalue weighted by atomic mass is 16.1. The SMILES string of the molecule is CNC(C)(C)CNCc1ccc2c(c1)CCC(=O)N2. The summed E-state index contributed by atoms with van der Waals surface area (Å²) in [5.74, 6) is 0.120. The van der Waals surface area contributed by atoms with Crippen LogP contribution in [0.3, 0.4) is 0 Å². The first-order valence-electron chi connectivity index (χ1n) is 6.81. The number of carbonyl (C=O) groups is 1. The summed E-state index contributed by atoms with van der Waals surface area (Å²) in [4.78, 5) is 11.3. The fourth-order valence-corrected chi connectivity index (χ4v) is 2.15. The van der Waals surface area contributed by atoms with Gasteiger partial charge < -0.3 is 16.0 Å². The van der Waals surface area contributed by atoms with Gasteiger partial charge in [0.2, 0.25) is 5.91 Å². The van der Waals surface area contributed by atoms with Crippen LogP contribution >= 0.6 is 0 Å². The van der Waals surface area contributed by atoms with Crippen molar-refractivity contribution in [3.8, 4) is 0 Å². The number of fused-ring (bicyclic) bond motifs is 1. The number of amides is 1. The quantitative estimate of drug-likeness (QED) is 0.755. The monoisotopic (exact) mass is 261 g/mol. The largest absolute Gasteiger partial charge is 0.326 e. The molecule has 4 nitrogen and oxygen atoms in total. The van der Waals surface area contributed by atoms with Gasteiger partial charge >= 0.3 is 0 Å². The van der Waals surface area contributed by atoms with Crippen LogP contribution in [0.4, 0.5) is 5.69 Å². The van der Waals surface area contributed by atoms with Crippen LogP contribution in [0.25, 0.3) is 0 Å². The summed E-state index contributed by atoms with van der Waals surface area (Å²) >= 11 is 0. The van der Waals surface area contributed by atoms with Gasteiger partial charge in [0.25, 0.3) is 0 Å². The van der Waals surface area contributed by atoms with E-state index in [1.807, 2.05) is 13.1 Å². The highest BCUT2D eigenvalue weighted by Crippen LogP contribution is 2.23. The molecule has 0 saturated carbocycles. The number of anilines is 1. The lowest BCUT2D eigenvalue weighted by atomic mass is 10.00. The van der Waals surface area contributed by atoms with Crippen molar-refractivity contribution in [1.29, 1.82) is 0 Å². The third-order valence-electron chi connectivity index (χ3n) is 3.64. The number of hydrogen-bond acceptors (Lipinski definition) is 3. The molecule has 0 saturated heterocycles. The molecule has 0 aliphatic carbocycles. The molecule has 2 rings (SSSR count). The second-order valence-electron chi connectivity index (χ2n) is 5.78. The Morgan fingerprint density at radius 3 is 2.84 bits per heavy atom. The van der Waals surface area contributed by atoms with Crippen molar-refractivity contribution >= 4 is 11.6 Å². The normalized spacial score (nSPS) is 15.0. The van der Waals surface area contributed by atoms with Gasteiger partial charge in [-0.1, -0.05) is 12.1 Å². The third-order valence-corrected chi connectivity index (χ3v) is 3.64. The molecule has 1 aliphatic rings. The van der Waals surface area contributed by atoms with Gasteiger partial charge in [0.1, 0.15) is 0 Å². The Balaban J connectivity index is 1.94. The van der Waals surface area contributed by atoms with Crippen LogP contribution in [0.15, 0.2) is 18.2 Å². The molecule has 104 valence electrons. The van der Waals surface area contributed by atoms with Crippen LogP contribution in [0.5, 0.6) is 0 Å². The van der Waals surface area contributed by atoms with E-state index in [9.17, 15) is 4.79 Å². The van der Waals surface area contributed by atoms with Crippen LogP contribution in [0.1, 0.15) is 31.4 Å². The minimum atomic E-state index is 0.0994. The van der Waals surface area contributed by atoms with Gasteiger partial charge in [-0.2, -0.15) is 0 Å². The smallest absolute Gasteiger partial charge is 0.224 e. The number of nitrogens with one attached hydrogen (secondary N) is 3. The Morgan fingerprint density at radius 1 is 1.32 bits per heavy atom. The molecule has 0 unspecified atom stereocenters. The molecule has 1 aromatic rings. The Kier molecular flexibility index (Phi) is 4.22. The van der Waals surface area contributed by atoms with Crippen molar-refractivity contribution in [3.05, 3.63) is 29.3 Å². The molecule has 1 aromatic carbocycles. The predicted octanol–water partition coefficient (Wildman–Crippen LogP) is 1.66. The average molecular weight is 261 g/mol. The molecule has 1 amide bonds. The van der Waals surface area contributed by atoms with Crippen molar-refractivity contribution in [1.82, 2.24) is 10.6 Å². The summed E-state index contributed by atoms with van der Waals surface area (Å²) in [6, 6.07) is 6.27. The van der Waals surface area contributed by atoms with E-state index in [1.165, 1.54) is 11.1 Å². The van der Waals surface area contributed by atoms with E-state index in [2.05, 4.69) is 41.9 Å². The molecule has 0 atom stereocenters. The number of rotatable bonds is 5. The number of benzene rings is 1. The molecular formula is C15H23N3O. The number of hydrogen-bond donors (Lipinski definition) is 3. The summed E-state index contributed by atoms with van der Waals surface area (Å²) in [6.45, 7) is 6.11. The fraction of sp³-hybridized carbons (Fsp3) is 0.533. The van der Waals surface area contributed by atoms with Crippen LogP contribution < -0.4 is 16.0 Å². The number of carbonyl (C=O) groups excluding carboxylic acids is 1. The highest BCUT2D eigenvalue weighted by molar-refractivity contribution is 5.93. The number of likely N-dealkylation sites (N-methyl/N-ethyl adjacent to an activating group) is 1. The summed E-state index contributed by atoms with van der Waals surface area (Å²) in [5, 5.41) is 9.64. The molecule has 0 radical (unpaired) electrons. The molecule has 0 aromatic heterocycles. The topological polar surface area (TPSA) is 53.2 Å². The molecule has 3 N–H and O–H groups in total. The van der Waals surface area contributed by atoms with E-state index < -0.39 is 0 Å². The van der Waals surface area contributed by atoms with Crippen molar-refractivity contribution in [2.24, 2.45) is 0 Å². The predicted molar refractivity (Wildman–Crippen MR) is 78.2 cm³/mol. The van der Waals surface area contributed by atoms with Crippen LogP contribution in [-0.4, -0.2) is 25.0 Å². The lowest BCUT2D eigenvalue weighted by molar-refractivity contribution is -0.116. The third kappa shape index (κ3) is 3.78. The molecule has 1 heterocycles. The highest BCUT2D eigenvalue weighted by Gasteiger charge is 2.16. The summed E-state index contributed by atoms with van der Waals surface area (Å²) in [7, 11) is 1.98. The van der Waals surface area contributed by atoms with Crippen molar-refractivity contribution in [2.45, 2.75) is 38.8 Å². The Labute approximate surface area is 115 Å². The van der Waals surface area contributed by atoms with Crippen LogP contribution in [-0.2, 0) is 17.8 Å². The maximum absolute atomic E-state index is 11.3. The Hall–Kier alpha value is -1.39. The second kappa shape index (κ2) is 5.72. The average Bonchev–Trinajstić information content (AvgIpc) is 2.39. The first-order valence-corrected chi connectivity index (χ1v) is 6.81. The lowest BCUT2D eigenvalue weighted by Crippen LogP contribution is -2.45. The van der Waals surface area contributed by atoms with E-state index in [-0.39, 0.29) is 11.4 Å². The van der Waals surface area contributed by atoms with E-state index in [1.54, 1.807) is 0 Å². The van der Waals surface area contributed by atoms with Crippen molar-refractivity contribution < 1.29 is 4.79 Å². The van der Waals surface area contributed by atoms with Gasteiger partial charge in [0.05, 0.1) is 0 Å². The molecule has 19 heavy (non-hydrogen) atoms. The minimum absolute atomic E-state index is 0.0994. The summed E-state index contributed by atoms with van der Waals surface area (Å²) in [6.07, 6.45) is 1.44. The Morgan fingerprint density at radius 2 is 2.11 bits per heavy atom. The molecule has 0 spiro atoms. The van der Waals surface area contributed by atoms with E-state index >= 15 is 0 Å². The van der Waals surface area contributed by atoms with E-state index in [0.29, 0.717) is 6.42 Å². The summed E-state index contributed by atoms with van der Waals surface area (Å²) in [5.41, 5.74) is 3.58. The Bertz CT molecular complexity index is 468. The van der Waals surface area contributed by atoms with Gasteiger partial charge in [-0.05, 0) is 44.5 Å². The second-order valence-corrected chi connectivity index (χ2v) is 5.78. The van der Waals surface area contributed by atoms with E-state index in [4.69, 9.17) is 0 Å². The lowest BCUT2D eigenvalue weighted by Gasteiger charge is -2.24. The first-order chi connectivity index (χ1) is 9.00. The standard InChI is InChI=1S/C15H23N3O/c1-15(2,16-3)10-17-9-11-4-6-13-12(8-11)5-7-14(19)18-13/h4,6,8,16-17H,5,7,9-10H2,1-3H3,(H,18,19). The molecule has 0 fully saturated rings. The zero-order valence-corrected chi connectivity index (χ0v) is 12.0. The summed E-state index contributed by atoms with van der Waals surface area (Å²) < 4.78 is 0. The van der Waals surface area contributed by atoms with Crippen LogP contribution in [0, 0.1) is 0 Å². The van der Waals surface area contributed by atoms with Crippen LogP contribution in [0.2, 0.25) is 0 Å². The molecule has 1 aliphatic heterocycles. The zero-order valence-electron chi connectivity index (χ0n) is 12.0. The van der Waals surface area contributed by atoms with Gasteiger partial charge in [-0.25, -0.2) is 0 Å². The molecule has 4 heteroatoms. The van der Waals surface area contributed by atoms with Gasteiger partial charge in [0.15, 0.2) is 0 Å². The van der Waals surface area contributed by atoms with E-state index in [0.717, 1.165) is 25.2 Å². The molecular weight excluding hydrogens is 238 g/mol. The fourth-order valence-electron chi connectivity index (χ4n) is 2.15. The maximum Gasteiger partial charge on any atom is 0.224 e. The molecule has 0 bridgehead atoms. The van der Waals surface area contributed by atoms with Crippen molar-refractivity contribution in [3.63, 3.8) is 0 Å². The number of aryl methyl sites for hydroxylation is 1. The van der Waals surface area contributed by atoms with Gasteiger partial charge in [-0.3, -0.25) is 4.79 Å². The van der Waals surface area contributed by atoms with Gasteiger partial charge in [0, 0.05) is 30.7 Å². The minimum Gasteiger partial charge on any atom is -0.326 e. The zero-order chi connectivity index (χ0) is 13.9. The first kappa shape index (κ1) is 14.0. The van der Waals surface area contributed by atoms with Gasteiger partial charge in [-0.15, -0.1) is 0 Å².